The fourth-order valence-corrected chi connectivity index (χ4v) is 5.47. The fourth-order valence-electron chi connectivity index (χ4n) is 5.26. The standard InChI is InChI=1S/C30H26ClF2N5O3/c1-36-28(38-10-9-27(39)35-30(38)40)13-34-29(36)19-6-7-20-15-37(16-21(20)12-19)14-18-5-8-26(25(33)11-18)41-17-22-23(31)3-2-4-24(22)32/h2-8,11-13H,9-10,14-17H2,1H3,(H,35,39,40). The van der Waals surface area contributed by atoms with Gasteiger partial charge in [-0.15, -0.1) is 0 Å². The Balaban J connectivity index is 1.11. The van der Waals surface area contributed by atoms with Gasteiger partial charge >= 0.3 is 6.03 Å². The lowest BCUT2D eigenvalue weighted by atomic mass is 10.1. The van der Waals surface area contributed by atoms with Gasteiger partial charge in [-0.3, -0.25) is 19.9 Å². The maximum Gasteiger partial charge on any atom is 0.329 e. The molecular weight excluding hydrogens is 552 g/mol. The van der Waals surface area contributed by atoms with E-state index in [0.717, 1.165) is 23.2 Å². The summed E-state index contributed by atoms with van der Waals surface area (Å²) in [5.74, 6) is 0.0475. The van der Waals surface area contributed by atoms with E-state index in [1.54, 1.807) is 24.4 Å². The van der Waals surface area contributed by atoms with Crippen molar-refractivity contribution in [1.29, 1.82) is 0 Å². The quantitative estimate of drug-likeness (QED) is 0.311. The molecule has 4 aromatic rings. The summed E-state index contributed by atoms with van der Waals surface area (Å²) in [5.41, 5.74) is 4.21. The molecule has 8 nitrogen and oxygen atoms in total. The zero-order chi connectivity index (χ0) is 28.7. The van der Waals surface area contributed by atoms with Gasteiger partial charge in [0, 0.05) is 50.8 Å². The summed E-state index contributed by atoms with van der Waals surface area (Å²) in [6, 6.07) is 14.8. The van der Waals surface area contributed by atoms with Gasteiger partial charge in [-0.1, -0.05) is 35.9 Å². The van der Waals surface area contributed by atoms with E-state index in [1.807, 2.05) is 17.7 Å². The number of nitrogens with zero attached hydrogens (tertiary/aromatic N) is 4. The number of hydrogen-bond donors (Lipinski definition) is 1. The number of anilines is 1. The van der Waals surface area contributed by atoms with E-state index < -0.39 is 17.7 Å². The summed E-state index contributed by atoms with van der Waals surface area (Å²) < 4.78 is 36.2. The Morgan fingerprint density at radius 3 is 2.63 bits per heavy atom. The predicted molar refractivity (Wildman–Crippen MR) is 149 cm³/mol. The minimum absolute atomic E-state index is 0.0329. The lowest BCUT2D eigenvalue weighted by Crippen LogP contribution is -2.50. The molecule has 0 saturated carbocycles. The van der Waals surface area contributed by atoms with Crippen molar-refractivity contribution in [3.8, 4) is 17.1 Å². The number of urea groups is 1. The second kappa shape index (κ2) is 10.9. The lowest BCUT2D eigenvalue weighted by Gasteiger charge is -2.26. The summed E-state index contributed by atoms with van der Waals surface area (Å²) in [5, 5.41) is 2.57. The van der Waals surface area contributed by atoms with E-state index in [-0.39, 0.29) is 35.3 Å². The van der Waals surface area contributed by atoms with Gasteiger partial charge in [-0.2, -0.15) is 0 Å². The van der Waals surface area contributed by atoms with Crippen molar-refractivity contribution in [1.82, 2.24) is 19.8 Å². The summed E-state index contributed by atoms with van der Waals surface area (Å²) in [6.45, 7) is 2.07. The van der Waals surface area contributed by atoms with Gasteiger partial charge in [0.1, 0.15) is 24.1 Å². The van der Waals surface area contributed by atoms with Gasteiger partial charge in [-0.05, 0) is 47.0 Å². The molecule has 0 spiro atoms. The monoisotopic (exact) mass is 577 g/mol. The van der Waals surface area contributed by atoms with Crippen LogP contribution >= 0.6 is 11.6 Å². The number of ether oxygens (including phenoxy) is 1. The van der Waals surface area contributed by atoms with Crippen molar-refractivity contribution in [3.63, 3.8) is 0 Å². The number of hydrogen-bond acceptors (Lipinski definition) is 5. The van der Waals surface area contributed by atoms with E-state index >= 15 is 0 Å². The fraction of sp³-hybridized carbons (Fsp3) is 0.233. The lowest BCUT2D eigenvalue weighted by molar-refractivity contribution is -0.120. The van der Waals surface area contributed by atoms with E-state index in [9.17, 15) is 18.4 Å². The molecule has 11 heteroatoms. The first kappa shape index (κ1) is 26.9. The molecule has 0 atom stereocenters. The number of imidazole rings is 1. The largest absolute Gasteiger partial charge is 0.486 e. The highest BCUT2D eigenvalue weighted by Crippen LogP contribution is 2.31. The number of carbonyl (C=O) groups is 2. The highest BCUT2D eigenvalue weighted by molar-refractivity contribution is 6.31. The third-order valence-electron chi connectivity index (χ3n) is 7.38. The molecule has 41 heavy (non-hydrogen) atoms. The number of imide groups is 1. The van der Waals surface area contributed by atoms with Crippen LogP contribution in [-0.4, -0.2) is 32.9 Å². The van der Waals surface area contributed by atoms with Crippen LogP contribution in [0.4, 0.5) is 19.4 Å². The van der Waals surface area contributed by atoms with E-state index in [2.05, 4.69) is 27.3 Å². The Morgan fingerprint density at radius 1 is 1.02 bits per heavy atom. The first-order valence-electron chi connectivity index (χ1n) is 13.1. The van der Waals surface area contributed by atoms with Crippen molar-refractivity contribution >= 4 is 29.4 Å². The van der Waals surface area contributed by atoms with Crippen LogP contribution in [0.1, 0.15) is 28.7 Å². The van der Waals surface area contributed by atoms with Crippen molar-refractivity contribution in [2.24, 2.45) is 7.05 Å². The average Bonchev–Trinajstić information content (AvgIpc) is 3.51. The van der Waals surface area contributed by atoms with E-state index in [4.69, 9.17) is 16.3 Å². The van der Waals surface area contributed by atoms with Gasteiger partial charge in [0.25, 0.3) is 0 Å². The maximum absolute atomic E-state index is 14.8. The number of halogens is 3. The number of benzene rings is 3. The molecule has 2 aliphatic heterocycles. The Labute approximate surface area is 240 Å². The first-order valence-corrected chi connectivity index (χ1v) is 13.5. The number of fused-ring (bicyclic) bond motifs is 1. The van der Waals surface area contributed by atoms with Crippen LogP contribution in [0.25, 0.3) is 11.4 Å². The number of nitrogens with one attached hydrogen (secondary N) is 1. The van der Waals surface area contributed by atoms with Crippen molar-refractivity contribution in [2.45, 2.75) is 32.7 Å². The molecule has 2 aliphatic rings. The topological polar surface area (TPSA) is 79.7 Å². The molecule has 0 bridgehead atoms. The summed E-state index contributed by atoms with van der Waals surface area (Å²) in [6.07, 6.45) is 1.88. The summed E-state index contributed by atoms with van der Waals surface area (Å²) >= 11 is 6.04. The molecule has 1 N–H and O–H groups in total. The van der Waals surface area contributed by atoms with Crippen LogP contribution in [0.2, 0.25) is 5.02 Å². The Bertz CT molecular complexity index is 1650. The Morgan fingerprint density at radius 2 is 1.85 bits per heavy atom. The minimum atomic E-state index is -0.522. The molecule has 3 aromatic carbocycles. The van der Waals surface area contributed by atoms with Crippen molar-refractivity contribution in [3.05, 3.63) is 99.7 Å². The van der Waals surface area contributed by atoms with Crippen LogP contribution in [0.5, 0.6) is 5.75 Å². The van der Waals surface area contributed by atoms with Crippen LogP contribution in [0.3, 0.4) is 0 Å². The summed E-state index contributed by atoms with van der Waals surface area (Å²) in [7, 11) is 1.84. The molecule has 1 saturated heterocycles. The third-order valence-corrected chi connectivity index (χ3v) is 7.74. The van der Waals surface area contributed by atoms with Gasteiger partial charge < -0.3 is 9.30 Å². The van der Waals surface area contributed by atoms with Crippen molar-refractivity contribution < 1.29 is 23.1 Å². The molecule has 1 fully saturated rings. The van der Waals surface area contributed by atoms with Gasteiger partial charge in [0.2, 0.25) is 5.91 Å². The normalized spacial score (nSPS) is 15.3. The van der Waals surface area contributed by atoms with E-state index in [1.165, 1.54) is 28.7 Å². The second-order valence-electron chi connectivity index (χ2n) is 10.1. The number of amides is 3. The van der Waals surface area contributed by atoms with Gasteiger partial charge in [0.05, 0.1) is 11.2 Å². The zero-order valence-electron chi connectivity index (χ0n) is 22.2. The number of rotatable bonds is 7. The zero-order valence-corrected chi connectivity index (χ0v) is 22.9. The highest BCUT2D eigenvalue weighted by atomic mass is 35.5. The first-order chi connectivity index (χ1) is 19.8. The Hall–Kier alpha value is -4.28. The molecule has 0 aliphatic carbocycles. The minimum Gasteiger partial charge on any atom is -0.486 e. The number of carbonyl (C=O) groups excluding carboxylic acids is 2. The highest BCUT2D eigenvalue weighted by Gasteiger charge is 2.28. The van der Waals surface area contributed by atoms with Crippen LogP contribution in [0.15, 0.2) is 60.8 Å². The van der Waals surface area contributed by atoms with E-state index in [0.29, 0.717) is 31.3 Å². The second-order valence-corrected chi connectivity index (χ2v) is 10.5. The Kier molecular flexibility index (Phi) is 7.19. The van der Waals surface area contributed by atoms with Gasteiger partial charge in [0.15, 0.2) is 11.6 Å². The predicted octanol–water partition coefficient (Wildman–Crippen LogP) is 5.56. The number of aromatic nitrogens is 2. The molecule has 210 valence electrons. The molecule has 3 heterocycles. The molecule has 0 radical (unpaired) electrons. The molecule has 6 rings (SSSR count). The van der Waals surface area contributed by atoms with Crippen molar-refractivity contribution in [2.75, 3.05) is 11.4 Å². The molecular formula is C30H26ClF2N5O3. The smallest absolute Gasteiger partial charge is 0.329 e. The SMILES string of the molecule is Cn1c(N2CCC(=O)NC2=O)cnc1-c1ccc2c(c1)CN(Cc1ccc(OCc3c(F)cccc3Cl)c(F)c1)C2. The van der Waals surface area contributed by atoms with Crippen LogP contribution in [-0.2, 0) is 38.1 Å². The maximum atomic E-state index is 14.8. The molecule has 3 amide bonds. The van der Waals surface area contributed by atoms with Gasteiger partial charge in [-0.25, -0.2) is 18.6 Å². The summed E-state index contributed by atoms with van der Waals surface area (Å²) in [4.78, 5) is 32.1. The molecule has 1 aromatic heterocycles. The van der Waals surface area contributed by atoms with Crippen LogP contribution < -0.4 is 15.0 Å². The third kappa shape index (κ3) is 5.40. The van der Waals surface area contributed by atoms with Crippen LogP contribution in [0, 0.1) is 11.6 Å². The molecule has 0 unspecified atom stereocenters. The average molecular weight is 578 g/mol.